The van der Waals surface area contributed by atoms with Gasteiger partial charge >= 0.3 is 0 Å². The summed E-state index contributed by atoms with van der Waals surface area (Å²) in [6.45, 7) is 5.01. The Bertz CT molecular complexity index is 174. The van der Waals surface area contributed by atoms with Gasteiger partial charge in [0.15, 0.2) is 5.79 Å². The fraction of sp³-hybridized carbons (Fsp3) is 0.875. The van der Waals surface area contributed by atoms with Crippen LogP contribution in [0.15, 0.2) is 0 Å². The molecule has 1 saturated heterocycles. The van der Waals surface area contributed by atoms with E-state index in [2.05, 4.69) is 0 Å². The molecule has 0 aromatic carbocycles. The number of ketones is 1. The SMILES string of the molecule is CC1CC(=O)C(C)C(C)(O)O1. The molecule has 0 amide bonds. The molecule has 1 heterocycles. The van der Waals surface area contributed by atoms with Gasteiger partial charge < -0.3 is 9.84 Å². The maximum atomic E-state index is 11.2. The first-order valence-corrected chi connectivity index (χ1v) is 3.86. The Morgan fingerprint density at radius 2 is 2.18 bits per heavy atom. The van der Waals surface area contributed by atoms with Crippen molar-refractivity contribution in [1.82, 2.24) is 0 Å². The Morgan fingerprint density at radius 3 is 2.64 bits per heavy atom. The monoisotopic (exact) mass is 158 g/mol. The van der Waals surface area contributed by atoms with Crippen LogP contribution in [0.5, 0.6) is 0 Å². The van der Waals surface area contributed by atoms with Gasteiger partial charge in [-0.3, -0.25) is 4.79 Å². The molecule has 1 N–H and O–H groups in total. The highest BCUT2D eigenvalue weighted by Gasteiger charge is 2.40. The van der Waals surface area contributed by atoms with E-state index in [1.165, 1.54) is 6.92 Å². The molecule has 0 radical (unpaired) electrons. The van der Waals surface area contributed by atoms with Gasteiger partial charge in [0.25, 0.3) is 0 Å². The first-order valence-electron chi connectivity index (χ1n) is 3.86. The normalized spacial score (nSPS) is 46.0. The van der Waals surface area contributed by atoms with E-state index in [0.717, 1.165) is 0 Å². The largest absolute Gasteiger partial charge is 0.365 e. The Morgan fingerprint density at radius 1 is 1.64 bits per heavy atom. The van der Waals surface area contributed by atoms with Gasteiger partial charge in [-0.2, -0.15) is 0 Å². The second-order valence-corrected chi connectivity index (χ2v) is 3.38. The quantitative estimate of drug-likeness (QED) is 0.564. The van der Waals surface area contributed by atoms with Gasteiger partial charge in [0.1, 0.15) is 5.78 Å². The molecule has 3 heteroatoms. The molecule has 0 aromatic rings. The minimum atomic E-state index is -1.27. The molecule has 0 saturated carbocycles. The topological polar surface area (TPSA) is 46.5 Å². The molecular formula is C8H14O3. The van der Waals surface area contributed by atoms with Crippen LogP contribution in [0.3, 0.4) is 0 Å². The van der Waals surface area contributed by atoms with Gasteiger partial charge in [-0.25, -0.2) is 0 Å². The summed E-state index contributed by atoms with van der Waals surface area (Å²) in [5.41, 5.74) is 0. The van der Waals surface area contributed by atoms with E-state index < -0.39 is 11.7 Å². The van der Waals surface area contributed by atoms with Crippen LogP contribution in [0.4, 0.5) is 0 Å². The van der Waals surface area contributed by atoms with Crippen LogP contribution in [-0.2, 0) is 9.53 Å². The molecule has 11 heavy (non-hydrogen) atoms. The summed E-state index contributed by atoms with van der Waals surface area (Å²) in [5.74, 6) is -1.60. The number of carbonyl (C=O) groups is 1. The lowest BCUT2D eigenvalue weighted by Crippen LogP contribution is -2.48. The van der Waals surface area contributed by atoms with Crippen molar-refractivity contribution in [3.8, 4) is 0 Å². The zero-order valence-electron chi connectivity index (χ0n) is 7.13. The van der Waals surface area contributed by atoms with Gasteiger partial charge in [0, 0.05) is 6.42 Å². The molecule has 3 nitrogen and oxygen atoms in total. The van der Waals surface area contributed by atoms with Gasteiger partial charge in [0.05, 0.1) is 12.0 Å². The molecule has 1 aliphatic heterocycles. The molecule has 1 aliphatic rings. The fourth-order valence-electron chi connectivity index (χ4n) is 1.31. The minimum Gasteiger partial charge on any atom is -0.365 e. The van der Waals surface area contributed by atoms with E-state index in [-0.39, 0.29) is 11.9 Å². The van der Waals surface area contributed by atoms with Crippen molar-refractivity contribution in [2.75, 3.05) is 0 Å². The van der Waals surface area contributed by atoms with Crippen molar-refractivity contribution >= 4 is 5.78 Å². The van der Waals surface area contributed by atoms with Gasteiger partial charge in [-0.05, 0) is 13.8 Å². The Hall–Kier alpha value is -0.410. The number of hydrogen-bond acceptors (Lipinski definition) is 3. The van der Waals surface area contributed by atoms with E-state index in [0.29, 0.717) is 6.42 Å². The molecule has 0 bridgehead atoms. The summed E-state index contributed by atoms with van der Waals surface area (Å²) >= 11 is 0. The summed E-state index contributed by atoms with van der Waals surface area (Å²) in [6.07, 6.45) is 0.255. The molecule has 3 unspecified atom stereocenters. The van der Waals surface area contributed by atoms with E-state index in [4.69, 9.17) is 4.74 Å². The van der Waals surface area contributed by atoms with E-state index >= 15 is 0 Å². The summed E-state index contributed by atoms with van der Waals surface area (Å²) in [7, 11) is 0. The predicted molar refractivity (Wildman–Crippen MR) is 40.0 cm³/mol. The van der Waals surface area contributed by atoms with E-state index in [1.54, 1.807) is 13.8 Å². The van der Waals surface area contributed by atoms with Crippen LogP contribution >= 0.6 is 0 Å². The number of Topliss-reactive ketones (excluding diaryl/α,β-unsaturated/α-hetero) is 1. The molecule has 1 rings (SSSR count). The third-order valence-corrected chi connectivity index (χ3v) is 2.21. The van der Waals surface area contributed by atoms with E-state index in [1.807, 2.05) is 0 Å². The summed E-state index contributed by atoms with van der Waals surface area (Å²) in [6, 6.07) is 0. The highest BCUT2D eigenvalue weighted by atomic mass is 16.6. The summed E-state index contributed by atoms with van der Waals surface area (Å²) < 4.78 is 5.19. The maximum Gasteiger partial charge on any atom is 0.172 e. The third-order valence-electron chi connectivity index (χ3n) is 2.21. The summed E-state index contributed by atoms with van der Waals surface area (Å²) in [5, 5.41) is 9.54. The molecule has 64 valence electrons. The van der Waals surface area contributed by atoms with Crippen molar-refractivity contribution in [2.24, 2.45) is 5.92 Å². The average molecular weight is 158 g/mol. The van der Waals surface area contributed by atoms with Crippen LogP contribution in [0.1, 0.15) is 27.2 Å². The zero-order chi connectivity index (χ0) is 8.65. The first-order chi connectivity index (χ1) is 4.93. The Kier molecular flexibility index (Phi) is 2.03. The van der Waals surface area contributed by atoms with Crippen LogP contribution in [0, 0.1) is 5.92 Å². The van der Waals surface area contributed by atoms with Crippen molar-refractivity contribution in [2.45, 2.75) is 39.1 Å². The Balaban J connectivity index is 2.75. The molecule has 0 spiro atoms. The first kappa shape index (κ1) is 8.68. The smallest absolute Gasteiger partial charge is 0.172 e. The number of carbonyl (C=O) groups excluding carboxylic acids is 1. The average Bonchev–Trinajstić information content (AvgIpc) is 1.81. The third kappa shape index (κ3) is 1.60. The fourth-order valence-corrected chi connectivity index (χ4v) is 1.31. The Labute approximate surface area is 66.4 Å². The van der Waals surface area contributed by atoms with Crippen molar-refractivity contribution in [1.29, 1.82) is 0 Å². The number of ether oxygens (including phenoxy) is 1. The van der Waals surface area contributed by atoms with Gasteiger partial charge in [-0.15, -0.1) is 0 Å². The minimum absolute atomic E-state index is 0.0775. The molecule has 3 atom stereocenters. The molecular weight excluding hydrogens is 144 g/mol. The number of aliphatic hydroxyl groups is 1. The molecule has 0 aromatic heterocycles. The highest BCUT2D eigenvalue weighted by Crippen LogP contribution is 2.28. The predicted octanol–water partition coefficient (Wildman–Crippen LogP) is 0.709. The zero-order valence-corrected chi connectivity index (χ0v) is 7.13. The van der Waals surface area contributed by atoms with Gasteiger partial charge in [-0.1, -0.05) is 6.92 Å². The van der Waals surface area contributed by atoms with Crippen molar-refractivity contribution in [3.63, 3.8) is 0 Å². The standard InChI is InChI=1S/C8H14O3/c1-5-4-7(9)6(2)8(3,10)11-5/h5-6,10H,4H2,1-3H3. The molecule has 1 fully saturated rings. The second-order valence-electron chi connectivity index (χ2n) is 3.38. The summed E-state index contributed by atoms with van der Waals surface area (Å²) in [4.78, 5) is 11.2. The maximum absolute atomic E-state index is 11.2. The van der Waals surface area contributed by atoms with Crippen molar-refractivity contribution in [3.05, 3.63) is 0 Å². The lowest BCUT2D eigenvalue weighted by molar-refractivity contribution is -0.253. The lowest BCUT2D eigenvalue weighted by Gasteiger charge is -2.37. The van der Waals surface area contributed by atoms with Crippen molar-refractivity contribution < 1.29 is 14.6 Å². The second kappa shape index (κ2) is 2.57. The molecule has 0 aliphatic carbocycles. The van der Waals surface area contributed by atoms with Crippen LogP contribution in [0.2, 0.25) is 0 Å². The number of rotatable bonds is 0. The van der Waals surface area contributed by atoms with Crippen LogP contribution < -0.4 is 0 Å². The van der Waals surface area contributed by atoms with Gasteiger partial charge in [0.2, 0.25) is 0 Å². The number of hydrogen-bond donors (Lipinski definition) is 1. The van der Waals surface area contributed by atoms with Crippen LogP contribution in [0.25, 0.3) is 0 Å². The van der Waals surface area contributed by atoms with Crippen LogP contribution in [-0.4, -0.2) is 22.8 Å². The van der Waals surface area contributed by atoms with E-state index in [9.17, 15) is 9.90 Å². The lowest BCUT2D eigenvalue weighted by atomic mass is 9.90. The highest BCUT2D eigenvalue weighted by molar-refractivity contribution is 5.82.